The maximum absolute atomic E-state index is 10.5. The van der Waals surface area contributed by atoms with Crippen LogP contribution in [0.25, 0.3) is 10.8 Å². The molecule has 0 atom stereocenters. The van der Waals surface area contributed by atoms with Gasteiger partial charge in [0.25, 0.3) is 0 Å². The average Bonchev–Trinajstić information content (AvgIpc) is 2.72. The van der Waals surface area contributed by atoms with Gasteiger partial charge in [0.15, 0.2) is 0 Å². The minimum Gasteiger partial charge on any atom is -0.508 e. The van der Waals surface area contributed by atoms with Crippen molar-refractivity contribution < 1.29 is 9.84 Å². The molecule has 0 amide bonds. The van der Waals surface area contributed by atoms with Crippen LogP contribution >= 0.6 is 0 Å². The lowest BCUT2D eigenvalue weighted by atomic mass is 9.90. The maximum Gasteiger partial charge on any atom is 0.120 e. The first-order chi connectivity index (χ1) is 13.2. The van der Waals surface area contributed by atoms with E-state index in [1.165, 1.54) is 24.8 Å². The van der Waals surface area contributed by atoms with E-state index in [-0.39, 0.29) is 0 Å². The van der Waals surface area contributed by atoms with Crippen molar-refractivity contribution >= 4 is 10.8 Å². The van der Waals surface area contributed by atoms with E-state index in [1.54, 1.807) is 7.11 Å². The number of hydrogen-bond donors (Lipinski definition) is 1. The maximum atomic E-state index is 10.5. The first kappa shape index (κ1) is 17.9. The fraction of sp³-hybridized carbons (Fsp3) is 0.333. The number of phenolic OH excluding ortho intramolecular Hbond substituents is 1. The standard InChI is InChI=1S/C24H27NO2/c1-27-21-9-7-20-8-10-24(26)23(22(20)16-21)17-25-13-11-19(12-14-25)15-18-5-3-2-4-6-18/h2-10,16,19,26H,11-15,17H2,1H3. The zero-order valence-corrected chi connectivity index (χ0v) is 15.9. The fourth-order valence-electron chi connectivity index (χ4n) is 4.16. The third-order valence-corrected chi connectivity index (χ3v) is 5.77. The Morgan fingerprint density at radius 3 is 2.48 bits per heavy atom. The van der Waals surface area contributed by atoms with Crippen molar-refractivity contribution in [2.75, 3.05) is 20.2 Å². The van der Waals surface area contributed by atoms with E-state index < -0.39 is 0 Å². The summed E-state index contributed by atoms with van der Waals surface area (Å²) in [4.78, 5) is 2.47. The van der Waals surface area contributed by atoms with Gasteiger partial charge in [0.1, 0.15) is 11.5 Å². The van der Waals surface area contributed by atoms with E-state index in [0.717, 1.165) is 47.6 Å². The molecule has 0 bridgehead atoms. The smallest absolute Gasteiger partial charge is 0.120 e. The molecule has 1 aliphatic heterocycles. The molecular weight excluding hydrogens is 334 g/mol. The van der Waals surface area contributed by atoms with Gasteiger partial charge in [-0.1, -0.05) is 42.5 Å². The molecule has 3 aromatic rings. The number of likely N-dealkylation sites (tertiary alicyclic amines) is 1. The zero-order valence-electron chi connectivity index (χ0n) is 15.9. The number of nitrogens with zero attached hydrogens (tertiary/aromatic N) is 1. The monoisotopic (exact) mass is 361 g/mol. The molecule has 0 radical (unpaired) electrons. The molecule has 3 nitrogen and oxygen atoms in total. The van der Waals surface area contributed by atoms with Crippen LogP contribution in [0.2, 0.25) is 0 Å². The molecule has 3 aromatic carbocycles. The number of ether oxygens (including phenoxy) is 1. The van der Waals surface area contributed by atoms with E-state index in [4.69, 9.17) is 4.74 Å². The molecule has 0 saturated carbocycles. The van der Waals surface area contributed by atoms with Crippen LogP contribution in [0.4, 0.5) is 0 Å². The summed E-state index contributed by atoms with van der Waals surface area (Å²) in [7, 11) is 1.68. The molecule has 4 rings (SSSR count). The van der Waals surface area contributed by atoms with Gasteiger partial charge >= 0.3 is 0 Å². The lowest BCUT2D eigenvalue weighted by Crippen LogP contribution is -2.33. The highest BCUT2D eigenvalue weighted by Crippen LogP contribution is 2.32. The van der Waals surface area contributed by atoms with Gasteiger partial charge in [-0.05, 0) is 72.8 Å². The molecule has 3 heteroatoms. The highest BCUT2D eigenvalue weighted by Gasteiger charge is 2.21. The summed E-state index contributed by atoms with van der Waals surface area (Å²) in [6.07, 6.45) is 3.60. The van der Waals surface area contributed by atoms with E-state index >= 15 is 0 Å². The van der Waals surface area contributed by atoms with Crippen LogP contribution in [0, 0.1) is 5.92 Å². The van der Waals surface area contributed by atoms with E-state index in [0.29, 0.717) is 5.75 Å². The number of piperidine rings is 1. The van der Waals surface area contributed by atoms with Gasteiger partial charge in [0, 0.05) is 12.1 Å². The van der Waals surface area contributed by atoms with Gasteiger partial charge in [0.2, 0.25) is 0 Å². The van der Waals surface area contributed by atoms with Crippen molar-refractivity contribution in [3.05, 3.63) is 71.8 Å². The molecule has 1 heterocycles. The number of methoxy groups -OCH3 is 1. The van der Waals surface area contributed by atoms with Crippen LogP contribution in [0.5, 0.6) is 11.5 Å². The Morgan fingerprint density at radius 1 is 1.00 bits per heavy atom. The van der Waals surface area contributed by atoms with Gasteiger partial charge in [-0.15, -0.1) is 0 Å². The van der Waals surface area contributed by atoms with Gasteiger partial charge in [-0.25, -0.2) is 0 Å². The van der Waals surface area contributed by atoms with Crippen LogP contribution in [-0.2, 0) is 13.0 Å². The van der Waals surface area contributed by atoms with Gasteiger partial charge in [-0.3, -0.25) is 4.90 Å². The number of fused-ring (bicyclic) bond motifs is 1. The SMILES string of the molecule is COc1ccc2ccc(O)c(CN3CCC(Cc4ccccc4)CC3)c2c1. The minimum absolute atomic E-state index is 0.377. The Kier molecular flexibility index (Phi) is 5.30. The summed E-state index contributed by atoms with van der Waals surface area (Å²) < 4.78 is 5.38. The quantitative estimate of drug-likeness (QED) is 0.693. The molecule has 1 aliphatic rings. The van der Waals surface area contributed by atoms with Crippen LogP contribution in [0.15, 0.2) is 60.7 Å². The van der Waals surface area contributed by atoms with Crippen LogP contribution < -0.4 is 4.74 Å². The summed E-state index contributed by atoms with van der Waals surface area (Å²) in [6, 6.07) is 20.6. The highest BCUT2D eigenvalue weighted by atomic mass is 16.5. The van der Waals surface area contributed by atoms with Crippen molar-refractivity contribution in [2.45, 2.75) is 25.8 Å². The third kappa shape index (κ3) is 4.09. The molecule has 1 saturated heterocycles. The lowest BCUT2D eigenvalue weighted by molar-refractivity contribution is 0.176. The van der Waals surface area contributed by atoms with Crippen LogP contribution in [0.3, 0.4) is 0 Å². The average molecular weight is 361 g/mol. The van der Waals surface area contributed by atoms with Crippen LogP contribution in [0.1, 0.15) is 24.0 Å². The van der Waals surface area contributed by atoms with Gasteiger partial charge in [0.05, 0.1) is 7.11 Å². The van der Waals surface area contributed by atoms with E-state index in [2.05, 4.69) is 41.3 Å². The zero-order chi connectivity index (χ0) is 18.6. The first-order valence-electron chi connectivity index (χ1n) is 9.78. The Balaban J connectivity index is 1.45. The number of hydrogen-bond acceptors (Lipinski definition) is 3. The molecule has 1 fully saturated rings. The van der Waals surface area contributed by atoms with E-state index in [1.807, 2.05) is 24.3 Å². The van der Waals surface area contributed by atoms with E-state index in [9.17, 15) is 5.11 Å². The number of phenols is 1. The summed E-state index contributed by atoms with van der Waals surface area (Å²) in [6.45, 7) is 2.95. The fourth-order valence-corrected chi connectivity index (χ4v) is 4.16. The molecule has 140 valence electrons. The molecule has 27 heavy (non-hydrogen) atoms. The predicted octanol–water partition coefficient (Wildman–Crippen LogP) is 5.01. The normalized spacial score (nSPS) is 15.9. The summed E-state index contributed by atoms with van der Waals surface area (Å²) in [5, 5.41) is 12.7. The van der Waals surface area contributed by atoms with Crippen molar-refractivity contribution in [3.8, 4) is 11.5 Å². The number of rotatable bonds is 5. The first-order valence-corrected chi connectivity index (χ1v) is 9.78. The molecule has 1 N–H and O–H groups in total. The second kappa shape index (κ2) is 8.01. The lowest BCUT2D eigenvalue weighted by Gasteiger charge is -2.32. The summed E-state index contributed by atoms with van der Waals surface area (Å²) >= 11 is 0. The second-order valence-electron chi connectivity index (χ2n) is 7.56. The molecule has 0 spiro atoms. The largest absolute Gasteiger partial charge is 0.508 e. The Morgan fingerprint density at radius 2 is 1.74 bits per heavy atom. The Bertz CT molecular complexity index is 899. The van der Waals surface area contributed by atoms with Crippen molar-refractivity contribution in [1.29, 1.82) is 0 Å². The van der Waals surface area contributed by atoms with Crippen molar-refractivity contribution in [3.63, 3.8) is 0 Å². The molecule has 0 aromatic heterocycles. The Labute approximate surface area is 161 Å². The topological polar surface area (TPSA) is 32.7 Å². The third-order valence-electron chi connectivity index (χ3n) is 5.77. The Hall–Kier alpha value is -2.52. The number of benzene rings is 3. The molecule has 0 aliphatic carbocycles. The van der Waals surface area contributed by atoms with Crippen LogP contribution in [-0.4, -0.2) is 30.2 Å². The molecular formula is C24H27NO2. The van der Waals surface area contributed by atoms with Gasteiger partial charge in [-0.2, -0.15) is 0 Å². The summed E-state index contributed by atoms with van der Waals surface area (Å²) in [5.41, 5.74) is 2.45. The summed E-state index contributed by atoms with van der Waals surface area (Å²) in [5.74, 6) is 1.96. The number of aromatic hydroxyl groups is 1. The van der Waals surface area contributed by atoms with Crippen molar-refractivity contribution in [2.24, 2.45) is 5.92 Å². The van der Waals surface area contributed by atoms with Crippen molar-refractivity contribution in [1.82, 2.24) is 4.90 Å². The predicted molar refractivity (Wildman–Crippen MR) is 110 cm³/mol. The molecule has 0 unspecified atom stereocenters. The minimum atomic E-state index is 0.377. The second-order valence-corrected chi connectivity index (χ2v) is 7.56. The highest BCUT2D eigenvalue weighted by molar-refractivity contribution is 5.88. The van der Waals surface area contributed by atoms with Gasteiger partial charge < -0.3 is 9.84 Å².